The molecule has 0 fully saturated rings. The first-order valence-corrected chi connectivity index (χ1v) is 11.4. The van der Waals surface area contributed by atoms with Gasteiger partial charge < -0.3 is 14.7 Å². The number of nitrogens with one attached hydrogen (secondary N) is 1. The van der Waals surface area contributed by atoms with Gasteiger partial charge in [-0.2, -0.15) is 0 Å². The maximum Gasteiger partial charge on any atom is 0.333 e. The first kappa shape index (κ1) is 21.4. The van der Waals surface area contributed by atoms with Gasteiger partial charge in [0.15, 0.2) is 0 Å². The maximum absolute atomic E-state index is 11.4. The quantitative estimate of drug-likeness (QED) is 0.389. The molecule has 3 nitrogen and oxygen atoms in total. The summed E-state index contributed by atoms with van der Waals surface area (Å²) in [6.07, 6.45) is 0. The Bertz CT molecular complexity index is 1210. The number of fused-ring (bicyclic) bond motifs is 5. The molecule has 2 unspecified atom stereocenters. The summed E-state index contributed by atoms with van der Waals surface area (Å²) in [5.41, 5.74) is 1.46. The van der Waals surface area contributed by atoms with Crippen LogP contribution in [0.25, 0.3) is 31.2 Å². The molecule has 0 amide bonds. The van der Waals surface area contributed by atoms with Crippen LogP contribution in [0.4, 0.5) is 0 Å². The number of rotatable bonds is 5. The topological polar surface area (TPSA) is 45.2 Å². The van der Waals surface area contributed by atoms with Crippen LogP contribution in [0.2, 0.25) is 0 Å². The third-order valence-electron chi connectivity index (χ3n) is 7.03. The van der Waals surface area contributed by atoms with Crippen LogP contribution in [0.5, 0.6) is 0 Å². The number of benzene rings is 2. The molecule has 157 valence electrons. The molecule has 0 saturated carbocycles. The van der Waals surface area contributed by atoms with Crippen LogP contribution in [-0.4, -0.2) is 28.8 Å². The van der Waals surface area contributed by atoms with E-state index in [2.05, 4.69) is 75.1 Å². The third kappa shape index (κ3) is 3.37. The van der Waals surface area contributed by atoms with Crippen molar-refractivity contribution in [3.05, 3.63) is 42.5 Å². The molecule has 4 aromatic rings. The monoisotopic (exact) mass is 420 g/mol. The highest BCUT2D eigenvalue weighted by atomic mass is 32.1. The van der Waals surface area contributed by atoms with Crippen LogP contribution >= 0.6 is 11.3 Å². The molecule has 2 heterocycles. The minimum atomic E-state index is -0.998. The first-order valence-electron chi connectivity index (χ1n) is 10.6. The summed E-state index contributed by atoms with van der Waals surface area (Å²) in [5.74, 6) is 0.0476. The molecule has 2 atom stereocenters. The molecule has 0 bridgehead atoms. The SMILES string of the molecule is CC(C(C)(C)C)C(C)(O)C(C)(C)O[B]c1cccc2c1[nH]c1c3ccccc3sc21. The predicted molar refractivity (Wildman–Crippen MR) is 131 cm³/mol. The summed E-state index contributed by atoms with van der Waals surface area (Å²) in [7, 11) is 1.80. The lowest BCUT2D eigenvalue weighted by atomic mass is 9.66. The number of aromatic nitrogens is 1. The fourth-order valence-corrected chi connectivity index (χ4v) is 5.37. The van der Waals surface area contributed by atoms with E-state index < -0.39 is 11.2 Å². The maximum atomic E-state index is 11.4. The van der Waals surface area contributed by atoms with Crippen LogP contribution in [0.1, 0.15) is 48.5 Å². The molecule has 0 aliphatic carbocycles. The molecular weight excluding hydrogens is 389 g/mol. The van der Waals surface area contributed by atoms with E-state index in [4.69, 9.17) is 4.65 Å². The second-order valence-electron chi connectivity index (χ2n) is 10.2. The van der Waals surface area contributed by atoms with E-state index in [-0.39, 0.29) is 11.3 Å². The van der Waals surface area contributed by atoms with Crippen LogP contribution in [0.15, 0.2) is 42.5 Å². The highest BCUT2D eigenvalue weighted by Gasteiger charge is 2.48. The lowest BCUT2D eigenvalue weighted by Gasteiger charge is -2.48. The Balaban J connectivity index is 1.68. The largest absolute Gasteiger partial charge is 0.427 e. The standard InChI is InChI=1S/C25H31BNO2S/c1-15(23(2,3)4)25(7,28)24(5,6)29-26-18-13-10-12-17-20(18)27-21-16-11-8-9-14-19(16)30-22(17)21/h8-15,27-28H,1-7H3. The van der Waals surface area contributed by atoms with E-state index in [1.54, 1.807) is 7.48 Å². The molecule has 4 rings (SSSR count). The van der Waals surface area contributed by atoms with Gasteiger partial charge in [-0.15, -0.1) is 11.3 Å². The zero-order valence-corrected chi connectivity index (χ0v) is 19.8. The van der Waals surface area contributed by atoms with Gasteiger partial charge in [-0.25, -0.2) is 0 Å². The van der Waals surface area contributed by atoms with Crippen LogP contribution in [0, 0.1) is 11.3 Å². The van der Waals surface area contributed by atoms with Gasteiger partial charge in [0.1, 0.15) is 0 Å². The Morgan fingerprint density at radius 2 is 1.60 bits per heavy atom. The van der Waals surface area contributed by atoms with Crippen molar-refractivity contribution in [3.8, 4) is 0 Å². The van der Waals surface area contributed by atoms with Crippen molar-refractivity contribution in [2.24, 2.45) is 11.3 Å². The molecule has 2 aromatic carbocycles. The van der Waals surface area contributed by atoms with Gasteiger partial charge in [0.25, 0.3) is 0 Å². The average molecular weight is 420 g/mol. The average Bonchev–Trinajstić information content (AvgIpc) is 3.21. The molecule has 2 aromatic heterocycles. The van der Waals surface area contributed by atoms with Crippen LogP contribution < -0.4 is 5.46 Å². The van der Waals surface area contributed by atoms with Crippen molar-refractivity contribution in [2.45, 2.75) is 59.7 Å². The summed E-state index contributed by atoms with van der Waals surface area (Å²) >= 11 is 1.82. The second-order valence-corrected chi connectivity index (χ2v) is 11.2. The zero-order valence-electron chi connectivity index (χ0n) is 19.0. The van der Waals surface area contributed by atoms with Gasteiger partial charge >= 0.3 is 7.48 Å². The lowest BCUT2D eigenvalue weighted by molar-refractivity contribution is -0.155. The Labute approximate surface area is 183 Å². The number of thiophene rings is 1. The van der Waals surface area contributed by atoms with Crippen molar-refractivity contribution < 1.29 is 9.76 Å². The molecule has 1 radical (unpaired) electrons. The number of H-pyrrole nitrogens is 1. The summed E-state index contributed by atoms with van der Waals surface area (Å²) in [6, 6.07) is 14.8. The van der Waals surface area contributed by atoms with Crippen molar-refractivity contribution in [1.29, 1.82) is 0 Å². The highest BCUT2D eigenvalue weighted by molar-refractivity contribution is 7.26. The molecule has 0 aliphatic rings. The molecule has 2 N–H and O–H groups in total. The van der Waals surface area contributed by atoms with Gasteiger partial charge in [-0.3, -0.25) is 0 Å². The van der Waals surface area contributed by atoms with E-state index >= 15 is 0 Å². The molecular formula is C25H31BNO2S. The van der Waals surface area contributed by atoms with Gasteiger partial charge in [0, 0.05) is 21.0 Å². The fourth-order valence-electron chi connectivity index (χ4n) is 4.18. The van der Waals surface area contributed by atoms with Gasteiger partial charge in [0.2, 0.25) is 0 Å². The normalized spacial score (nSPS) is 16.3. The van der Waals surface area contributed by atoms with Crippen molar-refractivity contribution in [1.82, 2.24) is 4.98 Å². The molecule has 30 heavy (non-hydrogen) atoms. The second kappa shape index (κ2) is 7.11. The van der Waals surface area contributed by atoms with Crippen molar-refractivity contribution >= 4 is 55.5 Å². The lowest BCUT2D eigenvalue weighted by Crippen LogP contribution is -2.58. The summed E-state index contributed by atoms with van der Waals surface area (Å²) in [4.78, 5) is 3.63. The van der Waals surface area contributed by atoms with Gasteiger partial charge in [-0.1, -0.05) is 64.1 Å². The van der Waals surface area contributed by atoms with Gasteiger partial charge in [-0.05, 0) is 43.6 Å². The number of hydrogen-bond acceptors (Lipinski definition) is 3. The summed E-state index contributed by atoms with van der Waals surface area (Å²) in [5, 5.41) is 13.8. The minimum Gasteiger partial charge on any atom is -0.427 e. The molecule has 0 aliphatic heterocycles. The molecule has 0 spiro atoms. The smallest absolute Gasteiger partial charge is 0.333 e. The Morgan fingerprint density at radius 1 is 0.933 bits per heavy atom. The van der Waals surface area contributed by atoms with Crippen LogP contribution in [0.3, 0.4) is 0 Å². The summed E-state index contributed by atoms with van der Waals surface area (Å²) < 4.78 is 8.84. The predicted octanol–water partition coefficient (Wildman–Crippen LogP) is 6.01. The number of para-hydroxylation sites is 1. The van der Waals surface area contributed by atoms with Crippen molar-refractivity contribution in [2.75, 3.05) is 0 Å². The zero-order chi connectivity index (χ0) is 21.9. The minimum absolute atomic E-state index is 0.0327. The number of aromatic amines is 1. The third-order valence-corrected chi connectivity index (χ3v) is 8.23. The van der Waals surface area contributed by atoms with E-state index in [0.717, 1.165) is 11.0 Å². The molecule has 0 saturated heterocycles. The highest BCUT2D eigenvalue weighted by Crippen LogP contribution is 2.42. The van der Waals surface area contributed by atoms with Crippen molar-refractivity contribution in [3.63, 3.8) is 0 Å². The number of hydrogen-bond donors (Lipinski definition) is 2. The van der Waals surface area contributed by atoms with E-state index in [0.29, 0.717) is 0 Å². The Kier molecular flexibility index (Phi) is 5.08. The summed E-state index contributed by atoms with van der Waals surface area (Å²) in [6.45, 7) is 14.4. The Hall–Kier alpha value is -1.82. The first-order chi connectivity index (χ1) is 13.9. The van der Waals surface area contributed by atoms with Gasteiger partial charge in [0.05, 0.1) is 21.4 Å². The van der Waals surface area contributed by atoms with E-state index in [1.807, 2.05) is 32.1 Å². The van der Waals surface area contributed by atoms with E-state index in [9.17, 15) is 5.11 Å². The van der Waals surface area contributed by atoms with Crippen LogP contribution in [-0.2, 0) is 4.65 Å². The van der Waals surface area contributed by atoms with E-state index in [1.165, 1.54) is 25.7 Å². The molecule has 5 heteroatoms. The fraction of sp³-hybridized carbons (Fsp3) is 0.440. The Morgan fingerprint density at radius 3 is 2.30 bits per heavy atom. The number of aliphatic hydroxyl groups is 1.